The summed E-state index contributed by atoms with van der Waals surface area (Å²) >= 11 is 0. The molecule has 0 radical (unpaired) electrons. The van der Waals surface area contributed by atoms with Crippen LogP contribution >= 0.6 is 0 Å². The maximum Gasteiger partial charge on any atom is 0.210 e. The second-order valence-corrected chi connectivity index (χ2v) is 9.13. The van der Waals surface area contributed by atoms with Crippen LogP contribution in [0.15, 0.2) is 47.4 Å². The molecule has 1 heterocycles. The van der Waals surface area contributed by atoms with E-state index in [4.69, 9.17) is 14.2 Å². The van der Waals surface area contributed by atoms with Gasteiger partial charge >= 0.3 is 0 Å². The lowest BCUT2D eigenvalue weighted by atomic mass is 9.89. The Balaban J connectivity index is 2.22. The molecule has 1 aliphatic rings. The fraction of sp³-hybridized carbons (Fsp3) is 0.318. The third-order valence-corrected chi connectivity index (χ3v) is 6.25. The number of methoxy groups -OCH3 is 2. The van der Waals surface area contributed by atoms with Gasteiger partial charge in [-0.1, -0.05) is 6.92 Å². The number of hydrogen-bond donors (Lipinski definition) is 0. The van der Waals surface area contributed by atoms with E-state index in [1.165, 1.54) is 12.1 Å². The van der Waals surface area contributed by atoms with Crippen molar-refractivity contribution in [2.24, 2.45) is 0 Å². The van der Waals surface area contributed by atoms with E-state index >= 15 is 0 Å². The number of carbonyl (C=O) groups excluding carboxylic acids is 1. The number of rotatable bonds is 6. The summed E-state index contributed by atoms with van der Waals surface area (Å²) in [4.78, 5) is 13.5. The van der Waals surface area contributed by atoms with Gasteiger partial charge in [-0.2, -0.15) is 0 Å². The first-order valence-corrected chi connectivity index (χ1v) is 11.0. The number of ketones is 1. The number of sulfone groups is 1. The van der Waals surface area contributed by atoms with Gasteiger partial charge in [0, 0.05) is 17.9 Å². The van der Waals surface area contributed by atoms with Gasteiger partial charge in [-0.3, -0.25) is 4.79 Å². The van der Waals surface area contributed by atoms with Gasteiger partial charge in [-0.25, -0.2) is 8.42 Å². The van der Waals surface area contributed by atoms with Crippen molar-refractivity contribution in [3.63, 3.8) is 0 Å². The van der Waals surface area contributed by atoms with Crippen molar-refractivity contribution in [1.82, 2.24) is 0 Å². The first kappa shape index (κ1) is 20.9. The van der Waals surface area contributed by atoms with Gasteiger partial charge < -0.3 is 14.2 Å². The summed E-state index contributed by atoms with van der Waals surface area (Å²) in [7, 11) is -0.237. The highest BCUT2D eigenvalue weighted by molar-refractivity contribution is 7.90. The Bertz CT molecular complexity index is 1060. The van der Waals surface area contributed by atoms with E-state index in [0.29, 0.717) is 40.4 Å². The summed E-state index contributed by atoms with van der Waals surface area (Å²) in [6, 6.07) is 11.6. The molecule has 154 valence electrons. The van der Waals surface area contributed by atoms with E-state index in [1.807, 2.05) is 6.92 Å². The van der Waals surface area contributed by atoms with E-state index in [0.717, 1.165) is 6.26 Å². The minimum Gasteiger partial charge on any atom is -0.497 e. The summed E-state index contributed by atoms with van der Waals surface area (Å²) in [6.45, 7) is 3.64. The number of Topliss-reactive ketones (excluding diaryl/α,β-unsaturated/α-hetero) is 1. The van der Waals surface area contributed by atoms with Gasteiger partial charge in [0.2, 0.25) is 5.78 Å². The predicted octanol–water partition coefficient (Wildman–Crippen LogP) is 3.74. The van der Waals surface area contributed by atoms with Crippen LogP contribution in [0, 0.1) is 0 Å². The third-order valence-electron chi connectivity index (χ3n) is 5.12. The zero-order valence-electron chi connectivity index (χ0n) is 17.1. The van der Waals surface area contributed by atoms with Gasteiger partial charge in [-0.05, 0) is 55.3 Å². The van der Waals surface area contributed by atoms with E-state index in [-0.39, 0.29) is 10.7 Å². The third kappa shape index (κ3) is 3.87. The zero-order chi connectivity index (χ0) is 21.4. The van der Waals surface area contributed by atoms with Crippen molar-refractivity contribution in [2.45, 2.75) is 30.8 Å². The second-order valence-electron chi connectivity index (χ2n) is 7.12. The maximum absolute atomic E-state index is 13.3. The van der Waals surface area contributed by atoms with E-state index in [1.54, 1.807) is 51.5 Å². The molecule has 0 bridgehead atoms. The normalized spacial score (nSPS) is 19.3. The average molecular weight is 416 g/mol. The largest absolute Gasteiger partial charge is 0.497 e. The number of hydrogen-bond acceptors (Lipinski definition) is 6. The van der Waals surface area contributed by atoms with E-state index in [2.05, 4.69) is 0 Å². The first-order chi connectivity index (χ1) is 13.6. The lowest BCUT2D eigenvalue weighted by Gasteiger charge is -2.21. The fourth-order valence-electron chi connectivity index (χ4n) is 3.19. The Morgan fingerprint density at radius 3 is 1.97 bits per heavy atom. The van der Waals surface area contributed by atoms with Crippen LogP contribution in [0.1, 0.15) is 31.4 Å². The first-order valence-electron chi connectivity index (χ1n) is 9.15. The van der Waals surface area contributed by atoms with Crippen molar-refractivity contribution in [3.8, 4) is 11.5 Å². The standard InChI is InChI=1S/C22H24O6S/c1-6-22(2)21(23)19(15-11-16(26-3)13-17(12-15)27-4)20(28-22)14-7-9-18(10-8-14)29(5,24)25/h7-13H,6H2,1-5H3. The molecule has 29 heavy (non-hydrogen) atoms. The molecular formula is C22H24O6S. The van der Waals surface area contributed by atoms with Crippen LogP contribution in [0.5, 0.6) is 11.5 Å². The summed E-state index contributed by atoms with van der Waals surface area (Å²) in [5.41, 5.74) is 0.653. The number of benzene rings is 2. The number of carbonyl (C=O) groups is 1. The molecule has 0 aliphatic carbocycles. The highest BCUT2D eigenvalue weighted by atomic mass is 32.2. The highest BCUT2D eigenvalue weighted by Crippen LogP contribution is 2.44. The van der Waals surface area contributed by atoms with Crippen molar-refractivity contribution >= 4 is 27.0 Å². The lowest BCUT2D eigenvalue weighted by Crippen LogP contribution is -2.32. The summed E-state index contributed by atoms with van der Waals surface area (Å²) in [5.74, 6) is 1.38. The smallest absolute Gasteiger partial charge is 0.210 e. The van der Waals surface area contributed by atoms with Gasteiger partial charge in [0.25, 0.3) is 0 Å². The molecule has 1 atom stereocenters. The van der Waals surface area contributed by atoms with Crippen molar-refractivity contribution in [1.29, 1.82) is 0 Å². The van der Waals surface area contributed by atoms with Crippen LogP contribution in [0.25, 0.3) is 11.3 Å². The van der Waals surface area contributed by atoms with E-state index < -0.39 is 15.4 Å². The average Bonchev–Trinajstić information content (AvgIpc) is 2.98. The molecule has 2 aromatic carbocycles. The second kappa shape index (κ2) is 7.55. The summed E-state index contributed by atoms with van der Waals surface area (Å²) in [5, 5.41) is 0. The van der Waals surface area contributed by atoms with Crippen molar-refractivity contribution in [2.75, 3.05) is 20.5 Å². The monoisotopic (exact) mass is 416 g/mol. The molecule has 0 N–H and O–H groups in total. The van der Waals surface area contributed by atoms with Crippen LogP contribution in [-0.4, -0.2) is 40.3 Å². The predicted molar refractivity (Wildman–Crippen MR) is 111 cm³/mol. The minimum atomic E-state index is -3.32. The number of ether oxygens (including phenoxy) is 3. The van der Waals surface area contributed by atoms with Gasteiger partial charge in [0.05, 0.1) is 24.7 Å². The Morgan fingerprint density at radius 2 is 1.52 bits per heavy atom. The van der Waals surface area contributed by atoms with Crippen LogP contribution in [0.4, 0.5) is 0 Å². The van der Waals surface area contributed by atoms with Gasteiger partial charge in [-0.15, -0.1) is 0 Å². The molecule has 6 nitrogen and oxygen atoms in total. The molecule has 0 amide bonds. The molecule has 0 saturated carbocycles. The quantitative estimate of drug-likeness (QED) is 0.714. The summed E-state index contributed by atoms with van der Waals surface area (Å²) < 4.78 is 40.4. The lowest BCUT2D eigenvalue weighted by molar-refractivity contribution is -0.126. The highest BCUT2D eigenvalue weighted by Gasteiger charge is 2.45. The molecule has 0 fully saturated rings. The van der Waals surface area contributed by atoms with Crippen LogP contribution < -0.4 is 9.47 Å². The van der Waals surface area contributed by atoms with Crippen LogP contribution in [-0.2, 0) is 19.4 Å². The minimum absolute atomic E-state index is 0.141. The van der Waals surface area contributed by atoms with Crippen LogP contribution in [0.3, 0.4) is 0 Å². The molecule has 1 unspecified atom stereocenters. The molecule has 0 aromatic heterocycles. The SMILES string of the molecule is CCC1(C)OC(c2ccc(S(C)(=O)=O)cc2)=C(c2cc(OC)cc(OC)c2)C1=O. The zero-order valence-corrected chi connectivity index (χ0v) is 17.9. The van der Waals surface area contributed by atoms with Gasteiger partial charge in [0.1, 0.15) is 17.3 Å². The topological polar surface area (TPSA) is 78.9 Å². The maximum atomic E-state index is 13.3. The molecular weight excluding hydrogens is 392 g/mol. The Labute approximate surface area is 171 Å². The van der Waals surface area contributed by atoms with Crippen molar-refractivity contribution < 1.29 is 27.4 Å². The molecule has 0 saturated heterocycles. The molecule has 7 heteroatoms. The molecule has 0 spiro atoms. The Kier molecular flexibility index (Phi) is 5.45. The van der Waals surface area contributed by atoms with Gasteiger partial charge in [0.15, 0.2) is 15.4 Å². The van der Waals surface area contributed by atoms with Crippen molar-refractivity contribution in [3.05, 3.63) is 53.6 Å². The Hall–Kier alpha value is -2.80. The molecule has 1 aliphatic heterocycles. The van der Waals surface area contributed by atoms with E-state index in [9.17, 15) is 13.2 Å². The molecule has 2 aromatic rings. The molecule has 3 rings (SSSR count). The Morgan fingerprint density at radius 1 is 0.966 bits per heavy atom. The summed E-state index contributed by atoms with van der Waals surface area (Å²) in [6.07, 6.45) is 1.64. The fourth-order valence-corrected chi connectivity index (χ4v) is 3.82. The van der Waals surface area contributed by atoms with Crippen LogP contribution in [0.2, 0.25) is 0 Å².